The van der Waals surface area contributed by atoms with Gasteiger partial charge < -0.3 is 14.7 Å². The summed E-state index contributed by atoms with van der Waals surface area (Å²) in [7, 11) is 1.82. The lowest BCUT2D eigenvalue weighted by Crippen LogP contribution is -2.41. The number of piperidine rings is 1. The zero-order chi connectivity index (χ0) is 12.3. The summed E-state index contributed by atoms with van der Waals surface area (Å²) in [6.45, 7) is 4.19. The lowest BCUT2D eigenvalue weighted by molar-refractivity contribution is -0.135. The monoisotopic (exact) mass is 273 g/mol. The summed E-state index contributed by atoms with van der Waals surface area (Å²) in [4.78, 5) is 13.9. The molecule has 1 atom stereocenters. The molecule has 0 aromatic carbocycles. The van der Waals surface area contributed by atoms with Crippen LogP contribution >= 0.6 is 12.4 Å². The minimum atomic E-state index is 0. The molecule has 5 nitrogen and oxygen atoms in total. The highest BCUT2D eigenvalue weighted by atomic mass is 35.5. The molecule has 1 fully saturated rings. The van der Waals surface area contributed by atoms with Crippen LogP contribution < -0.4 is 5.32 Å². The molecule has 0 bridgehead atoms. The number of halogens is 1. The van der Waals surface area contributed by atoms with Gasteiger partial charge in [-0.05, 0) is 26.3 Å². The smallest absolute Gasteiger partial charge is 0.227 e. The molecule has 1 unspecified atom stereocenters. The molecule has 2 heterocycles. The first-order valence-electron chi connectivity index (χ1n) is 6.04. The number of rotatable bonds is 3. The van der Waals surface area contributed by atoms with Gasteiger partial charge in [-0.2, -0.15) is 0 Å². The molecule has 2 rings (SSSR count). The second kappa shape index (κ2) is 6.75. The molecule has 1 amide bonds. The second-order valence-electron chi connectivity index (χ2n) is 4.67. The predicted molar refractivity (Wildman–Crippen MR) is 70.6 cm³/mol. The Morgan fingerprint density at radius 3 is 3.00 bits per heavy atom. The topological polar surface area (TPSA) is 58.4 Å². The lowest BCUT2D eigenvalue weighted by Gasteiger charge is -2.26. The Labute approximate surface area is 113 Å². The first-order valence-corrected chi connectivity index (χ1v) is 6.04. The van der Waals surface area contributed by atoms with Crippen molar-refractivity contribution in [3.05, 3.63) is 17.5 Å². The molecule has 0 saturated carbocycles. The van der Waals surface area contributed by atoms with Crippen LogP contribution in [-0.2, 0) is 11.3 Å². The summed E-state index contributed by atoms with van der Waals surface area (Å²) in [6.07, 6.45) is 2.06. The molecule has 1 N–H and O–H groups in total. The van der Waals surface area contributed by atoms with Crippen LogP contribution in [-0.4, -0.2) is 36.1 Å². The van der Waals surface area contributed by atoms with E-state index in [-0.39, 0.29) is 24.2 Å². The molecule has 1 aromatic rings. The van der Waals surface area contributed by atoms with Crippen molar-refractivity contribution in [2.24, 2.45) is 5.92 Å². The van der Waals surface area contributed by atoms with Gasteiger partial charge in [-0.25, -0.2) is 0 Å². The van der Waals surface area contributed by atoms with Gasteiger partial charge in [0.1, 0.15) is 11.5 Å². The highest BCUT2D eigenvalue weighted by Crippen LogP contribution is 2.14. The lowest BCUT2D eigenvalue weighted by atomic mass is 9.98. The Hall–Kier alpha value is -1.07. The summed E-state index contributed by atoms with van der Waals surface area (Å²) in [6, 6.07) is 1.86. The van der Waals surface area contributed by atoms with E-state index in [1.54, 1.807) is 4.90 Å². The van der Waals surface area contributed by atoms with Gasteiger partial charge in [0.25, 0.3) is 0 Å². The fourth-order valence-corrected chi connectivity index (χ4v) is 2.19. The Kier molecular flexibility index (Phi) is 5.62. The van der Waals surface area contributed by atoms with Crippen molar-refractivity contribution in [1.29, 1.82) is 0 Å². The van der Waals surface area contributed by atoms with Gasteiger partial charge in [-0.15, -0.1) is 12.4 Å². The molecule has 102 valence electrons. The van der Waals surface area contributed by atoms with Gasteiger partial charge in [0.2, 0.25) is 5.91 Å². The number of nitrogens with one attached hydrogen (secondary N) is 1. The average molecular weight is 274 g/mol. The third-order valence-corrected chi connectivity index (χ3v) is 3.10. The van der Waals surface area contributed by atoms with E-state index in [9.17, 15) is 4.79 Å². The Bertz CT molecular complexity index is 388. The maximum Gasteiger partial charge on any atom is 0.227 e. The number of aromatic nitrogens is 1. The van der Waals surface area contributed by atoms with Gasteiger partial charge >= 0.3 is 0 Å². The van der Waals surface area contributed by atoms with Crippen LogP contribution in [0.3, 0.4) is 0 Å². The van der Waals surface area contributed by atoms with Gasteiger partial charge in [0.15, 0.2) is 0 Å². The molecular weight excluding hydrogens is 254 g/mol. The van der Waals surface area contributed by atoms with Gasteiger partial charge in [0, 0.05) is 19.7 Å². The summed E-state index contributed by atoms with van der Waals surface area (Å²) < 4.78 is 4.99. The summed E-state index contributed by atoms with van der Waals surface area (Å²) >= 11 is 0. The van der Waals surface area contributed by atoms with Crippen molar-refractivity contribution in [2.75, 3.05) is 20.1 Å². The first-order chi connectivity index (χ1) is 8.16. The molecule has 1 aliphatic rings. The van der Waals surface area contributed by atoms with Gasteiger partial charge in [-0.1, -0.05) is 5.16 Å². The minimum Gasteiger partial charge on any atom is -0.361 e. The largest absolute Gasteiger partial charge is 0.361 e. The van der Waals surface area contributed by atoms with Crippen LogP contribution in [0.15, 0.2) is 10.6 Å². The van der Waals surface area contributed by atoms with Crippen molar-refractivity contribution in [3.8, 4) is 0 Å². The van der Waals surface area contributed by atoms with Gasteiger partial charge in [0.05, 0.1) is 12.5 Å². The fraction of sp³-hybridized carbons (Fsp3) is 0.667. The number of aryl methyl sites for hydroxylation is 1. The highest BCUT2D eigenvalue weighted by Gasteiger charge is 2.24. The SMILES string of the molecule is Cc1cc(CN(C)C(=O)C2CCCNC2)no1.Cl. The maximum atomic E-state index is 12.1. The minimum absolute atomic E-state index is 0. The molecule has 1 aromatic heterocycles. The normalized spacial score (nSPS) is 19.1. The van der Waals surface area contributed by atoms with Crippen molar-refractivity contribution < 1.29 is 9.32 Å². The molecular formula is C12H20ClN3O2. The van der Waals surface area contributed by atoms with E-state index >= 15 is 0 Å². The third-order valence-electron chi connectivity index (χ3n) is 3.10. The summed E-state index contributed by atoms with van der Waals surface area (Å²) in [5.41, 5.74) is 0.808. The summed E-state index contributed by atoms with van der Waals surface area (Å²) in [5.74, 6) is 1.08. The quantitative estimate of drug-likeness (QED) is 0.904. The summed E-state index contributed by atoms with van der Waals surface area (Å²) in [5, 5.41) is 7.16. The number of carbonyl (C=O) groups is 1. The molecule has 0 spiro atoms. The van der Waals surface area contributed by atoms with Crippen molar-refractivity contribution in [2.45, 2.75) is 26.3 Å². The fourth-order valence-electron chi connectivity index (χ4n) is 2.19. The molecule has 0 aliphatic carbocycles. The zero-order valence-electron chi connectivity index (χ0n) is 10.8. The number of hydrogen-bond acceptors (Lipinski definition) is 4. The molecule has 1 aliphatic heterocycles. The van der Waals surface area contributed by atoms with E-state index in [4.69, 9.17) is 4.52 Å². The van der Waals surface area contributed by atoms with Crippen LogP contribution in [0.2, 0.25) is 0 Å². The van der Waals surface area contributed by atoms with Crippen LogP contribution in [0.4, 0.5) is 0 Å². The van der Waals surface area contributed by atoms with Gasteiger partial charge in [-0.3, -0.25) is 4.79 Å². The van der Waals surface area contributed by atoms with Crippen LogP contribution in [0.1, 0.15) is 24.3 Å². The zero-order valence-corrected chi connectivity index (χ0v) is 11.6. The van der Waals surface area contributed by atoms with Crippen molar-refractivity contribution >= 4 is 18.3 Å². The number of carbonyl (C=O) groups excluding carboxylic acids is 1. The van der Waals surface area contributed by atoms with E-state index in [0.717, 1.165) is 37.4 Å². The van der Waals surface area contributed by atoms with Crippen LogP contribution in [0.5, 0.6) is 0 Å². The molecule has 18 heavy (non-hydrogen) atoms. The number of nitrogens with zero attached hydrogens (tertiary/aromatic N) is 2. The van der Waals surface area contributed by atoms with Crippen molar-refractivity contribution in [3.63, 3.8) is 0 Å². The van der Waals surface area contributed by atoms with Crippen LogP contribution in [0.25, 0.3) is 0 Å². The van der Waals surface area contributed by atoms with E-state index in [2.05, 4.69) is 10.5 Å². The standard InChI is InChI=1S/C12H19N3O2.ClH/c1-9-6-11(14-17-9)8-15(2)12(16)10-4-3-5-13-7-10;/h6,10,13H,3-5,7-8H2,1-2H3;1H. The van der Waals surface area contributed by atoms with Crippen LogP contribution in [0, 0.1) is 12.8 Å². The first kappa shape index (κ1) is 15.0. The molecule has 6 heteroatoms. The second-order valence-corrected chi connectivity index (χ2v) is 4.67. The number of amides is 1. The highest BCUT2D eigenvalue weighted by molar-refractivity contribution is 5.85. The predicted octanol–water partition coefficient (Wildman–Crippen LogP) is 1.36. The van der Waals surface area contributed by atoms with E-state index in [1.807, 2.05) is 20.0 Å². The Morgan fingerprint density at radius 2 is 2.44 bits per heavy atom. The maximum absolute atomic E-state index is 12.1. The Balaban J connectivity index is 0.00000162. The van der Waals surface area contributed by atoms with E-state index in [1.165, 1.54) is 0 Å². The van der Waals surface area contributed by atoms with E-state index in [0.29, 0.717) is 6.54 Å². The Morgan fingerprint density at radius 1 is 1.67 bits per heavy atom. The van der Waals surface area contributed by atoms with Crippen molar-refractivity contribution in [1.82, 2.24) is 15.4 Å². The number of hydrogen-bond donors (Lipinski definition) is 1. The van der Waals surface area contributed by atoms with E-state index < -0.39 is 0 Å². The molecule has 0 radical (unpaired) electrons. The molecule has 1 saturated heterocycles. The average Bonchev–Trinajstić information content (AvgIpc) is 2.75. The third kappa shape index (κ3) is 3.71.